The first-order chi connectivity index (χ1) is 14.0. The van der Waals surface area contributed by atoms with E-state index in [1.54, 1.807) is 53.4 Å². The Morgan fingerprint density at radius 3 is 2.24 bits per heavy atom. The first-order valence-corrected chi connectivity index (χ1v) is 10.2. The van der Waals surface area contributed by atoms with Crippen molar-refractivity contribution in [3.8, 4) is 0 Å². The minimum Gasteiger partial charge on any atom is -0.507 e. The van der Waals surface area contributed by atoms with E-state index < -0.39 is 17.7 Å². The number of amides is 1. The maximum Gasteiger partial charge on any atom is 0.295 e. The summed E-state index contributed by atoms with van der Waals surface area (Å²) in [5.74, 6) is -1.41. The quantitative estimate of drug-likeness (QED) is 0.422. The highest BCUT2D eigenvalue weighted by atomic mass is 35.5. The van der Waals surface area contributed by atoms with E-state index in [4.69, 9.17) is 11.6 Å². The molecule has 6 heteroatoms. The fraction of sp³-hybridized carbons (Fsp3) is 0.304. The number of likely N-dealkylation sites (N-methyl/N-ethyl adjacent to an activating group) is 1. The molecule has 29 heavy (non-hydrogen) atoms. The lowest BCUT2D eigenvalue weighted by molar-refractivity contribution is -0.140. The van der Waals surface area contributed by atoms with Crippen LogP contribution >= 0.6 is 11.6 Å². The van der Waals surface area contributed by atoms with E-state index in [1.165, 1.54) is 0 Å². The number of benzene rings is 2. The van der Waals surface area contributed by atoms with E-state index in [0.717, 1.165) is 18.7 Å². The smallest absolute Gasteiger partial charge is 0.295 e. The molecule has 0 radical (unpaired) electrons. The van der Waals surface area contributed by atoms with Gasteiger partial charge in [0.15, 0.2) is 0 Å². The average molecular weight is 413 g/mol. The Kier molecular flexibility index (Phi) is 6.72. The van der Waals surface area contributed by atoms with E-state index in [2.05, 4.69) is 18.7 Å². The summed E-state index contributed by atoms with van der Waals surface area (Å²) >= 11 is 6.03. The number of nitrogens with zero attached hydrogens (tertiary/aromatic N) is 2. The highest BCUT2D eigenvalue weighted by Crippen LogP contribution is 2.39. The molecule has 0 aliphatic carbocycles. The molecular formula is C23H25ClN2O3. The molecule has 1 atom stereocenters. The predicted molar refractivity (Wildman–Crippen MR) is 115 cm³/mol. The van der Waals surface area contributed by atoms with Crippen molar-refractivity contribution >= 4 is 29.1 Å². The van der Waals surface area contributed by atoms with Crippen LogP contribution < -0.4 is 0 Å². The lowest BCUT2D eigenvalue weighted by Gasteiger charge is -2.28. The Balaban J connectivity index is 2.07. The zero-order valence-electron chi connectivity index (χ0n) is 16.6. The fourth-order valence-corrected chi connectivity index (χ4v) is 3.77. The molecular weight excluding hydrogens is 388 g/mol. The number of Topliss-reactive ketones (excluding diaryl/α,β-unsaturated/α-hetero) is 1. The molecule has 1 heterocycles. The highest BCUT2D eigenvalue weighted by Gasteiger charge is 2.45. The van der Waals surface area contributed by atoms with Crippen LogP contribution in [0.25, 0.3) is 5.76 Å². The van der Waals surface area contributed by atoms with E-state index in [-0.39, 0.29) is 11.3 Å². The van der Waals surface area contributed by atoms with Crippen LogP contribution in [0.15, 0.2) is 60.2 Å². The summed E-state index contributed by atoms with van der Waals surface area (Å²) in [6.07, 6.45) is 0. The fourth-order valence-electron chi connectivity index (χ4n) is 3.64. The minimum absolute atomic E-state index is 0.114. The van der Waals surface area contributed by atoms with Crippen LogP contribution in [0.4, 0.5) is 0 Å². The number of hydrogen-bond donors (Lipinski definition) is 1. The van der Waals surface area contributed by atoms with Crippen molar-refractivity contribution in [3.63, 3.8) is 0 Å². The number of ketones is 1. The maximum absolute atomic E-state index is 12.9. The number of aliphatic hydroxyl groups is 1. The monoisotopic (exact) mass is 412 g/mol. The molecule has 3 rings (SSSR count). The van der Waals surface area contributed by atoms with Crippen LogP contribution in [0.5, 0.6) is 0 Å². The molecule has 1 N–H and O–H groups in total. The SMILES string of the molecule is CCN(CC)CCN1C(=O)C(=O)/C(=C(/O)c2ccccc2)[C@@H]1c1ccc(Cl)cc1. The van der Waals surface area contributed by atoms with E-state index >= 15 is 0 Å². The van der Waals surface area contributed by atoms with Gasteiger partial charge in [0.2, 0.25) is 0 Å². The maximum atomic E-state index is 12.9. The number of likely N-dealkylation sites (tertiary alicyclic amines) is 1. The molecule has 152 valence electrons. The van der Waals surface area contributed by atoms with E-state index in [1.807, 2.05) is 6.07 Å². The standard InChI is InChI=1S/C23H25ClN2O3/c1-3-25(4-2)14-15-26-20(16-10-12-18(24)13-11-16)19(22(28)23(26)29)21(27)17-8-6-5-7-9-17/h5-13,20,27H,3-4,14-15H2,1-2H3/b21-19+/t20-/m0/s1. The van der Waals surface area contributed by atoms with Crippen LogP contribution in [0, 0.1) is 0 Å². The second-order valence-corrected chi connectivity index (χ2v) is 7.37. The van der Waals surface area contributed by atoms with E-state index in [0.29, 0.717) is 23.7 Å². The molecule has 1 fully saturated rings. The number of rotatable bonds is 7. The van der Waals surface area contributed by atoms with Gasteiger partial charge in [-0.15, -0.1) is 0 Å². The van der Waals surface area contributed by atoms with Gasteiger partial charge in [0.1, 0.15) is 5.76 Å². The largest absolute Gasteiger partial charge is 0.507 e. The number of halogens is 1. The number of carbonyl (C=O) groups is 2. The summed E-state index contributed by atoms with van der Waals surface area (Å²) in [5.41, 5.74) is 1.36. The Morgan fingerprint density at radius 1 is 1.03 bits per heavy atom. The van der Waals surface area contributed by atoms with Crippen molar-refractivity contribution in [2.24, 2.45) is 0 Å². The summed E-state index contributed by atoms with van der Waals surface area (Å²) in [4.78, 5) is 29.5. The number of hydrogen-bond acceptors (Lipinski definition) is 4. The third kappa shape index (κ3) is 4.36. The summed E-state index contributed by atoms with van der Waals surface area (Å²) in [7, 11) is 0. The molecule has 0 aromatic heterocycles. The molecule has 5 nitrogen and oxygen atoms in total. The predicted octanol–water partition coefficient (Wildman–Crippen LogP) is 4.10. The summed E-state index contributed by atoms with van der Waals surface area (Å²) in [6.45, 7) is 6.88. The topological polar surface area (TPSA) is 60.9 Å². The van der Waals surface area contributed by atoms with Crippen molar-refractivity contribution in [1.29, 1.82) is 0 Å². The Labute approximate surface area is 176 Å². The van der Waals surface area contributed by atoms with Crippen LogP contribution in [-0.2, 0) is 9.59 Å². The lowest BCUT2D eigenvalue weighted by atomic mass is 9.95. The van der Waals surface area contributed by atoms with Crippen LogP contribution in [0.1, 0.15) is 31.0 Å². The number of carbonyl (C=O) groups excluding carboxylic acids is 2. The van der Waals surface area contributed by atoms with Gasteiger partial charge in [-0.05, 0) is 30.8 Å². The van der Waals surface area contributed by atoms with Crippen LogP contribution in [-0.4, -0.2) is 52.8 Å². The van der Waals surface area contributed by atoms with Gasteiger partial charge in [-0.2, -0.15) is 0 Å². The van der Waals surface area contributed by atoms with Crippen LogP contribution in [0.3, 0.4) is 0 Å². The van der Waals surface area contributed by atoms with Gasteiger partial charge in [-0.25, -0.2) is 0 Å². The molecule has 1 amide bonds. The molecule has 2 aromatic carbocycles. The van der Waals surface area contributed by atoms with Gasteiger partial charge < -0.3 is 14.9 Å². The van der Waals surface area contributed by atoms with Gasteiger partial charge in [0, 0.05) is 23.7 Å². The third-order valence-electron chi connectivity index (χ3n) is 5.32. The van der Waals surface area contributed by atoms with Gasteiger partial charge in [-0.1, -0.05) is 67.9 Å². The zero-order valence-corrected chi connectivity index (χ0v) is 17.4. The highest BCUT2D eigenvalue weighted by molar-refractivity contribution is 6.46. The van der Waals surface area contributed by atoms with Crippen molar-refractivity contribution in [2.75, 3.05) is 26.2 Å². The van der Waals surface area contributed by atoms with Gasteiger partial charge in [0.05, 0.1) is 11.6 Å². The molecule has 1 saturated heterocycles. The summed E-state index contributed by atoms with van der Waals surface area (Å²) in [5, 5.41) is 11.5. The van der Waals surface area contributed by atoms with Gasteiger partial charge in [-0.3, -0.25) is 9.59 Å². The first kappa shape index (κ1) is 21.1. The Bertz CT molecular complexity index is 905. The molecule has 0 spiro atoms. The molecule has 2 aromatic rings. The van der Waals surface area contributed by atoms with Gasteiger partial charge in [0.25, 0.3) is 11.7 Å². The summed E-state index contributed by atoms with van der Waals surface area (Å²) < 4.78 is 0. The van der Waals surface area contributed by atoms with Crippen molar-refractivity contribution in [1.82, 2.24) is 9.80 Å². The molecule has 1 aliphatic rings. The Hall–Kier alpha value is -2.63. The second-order valence-electron chi connectivity index (χ2n) is 6.94. The normalized spacial score (nSPS) is 18.6. The van der Waals surface area contributed by atoms with Gasteiger partial charge >= 0.3 is 0 Å². The minimum atomic E-state index is -0.661. The van der Waals surface area contributed by atoms with Crippen molar-refractivity contribution < 1.29 is 14.7 Å². The second kappa shape index (κ2) is 9.25. The zero-order chi connectivity index (χ0) is 21.0. The molecule has 0 bridgehead atoms. The molecule has 0 saturated carbocycles. The molecule has 0 unspecified atom stereocenters. The average Bonchev–Trinajstić information content (AvgIpc) is 3.00. The summed E-state index contributed by atoms with van der Waals surface area (Å²) in [6, 6.07) is 15.2. The number of aliphatic hydroxyl groups excluding tert-OH is 1. The van der Waals surface area contributed by atoms with Crippen LogP contribution in [0.2, 0.25) is 5.02 Å². The Morgan fingerprint density at radius 2 is 1.66 bits per heavy atom. The third-order valence-corrected chi connectivity index (χ3v) is 5.58. The van der Waals surface area contributed by atoms with E-state index in [9.17, 15) is 14.7 Å². The first-order valence-electron chi connectivity index (χ1n) is 9.79. The van der Waals surface area contributed by atoms with Crippen molar-refractivity contribution in [3.05, 3.63) is 76.3 Å². The van der Waals surface area contributed by atoms with Crippen molar-refractivity contribution in [2.45, 2.75) is 19.9 Å². The molecule has 1 aliphatic heterocycles. The lowest BCUT2D eigenvalue weighted by Crippen LogP contribution is -2.38.